The van der Waals surface area contributed by atoms with Gasteiger partial charge >= 0.3 is 0 Å². The summed E-state index contributed by atoms with van der Waals surface area (Å²) in [5.41, 5.74) is 4.44. The Labute approximate surface area is 178 Å². The van der Waals surface area contributed by atoms with E-state index in [1.54, 1.807) is 42.9 Å². The van der Waals surface area contributed by atoms with Gasteiger partial charge in [-0.3, -0.25) is 10.0 Å². The molecule has 0 fully saturated rings. The minimum absolute atomic E-state index is 0.210. The van der Waals surface area contributed by atoms with Crippen LogP contribution in [0.25, 0.3) is 11.1 Å². The van der Waals surface area contributed by atoms with Crippen molar-refractivity contribution < 1.29 is 23.2 Å². The molecule has 4 rings (SSSR count). The van der Waals surface area contributed by atoms with Gasteiger partial charge in [-0.05, 0) is 53.4 Å². The molecule has 1 aliphatic heterocycles. The van der Waals surface area contributed by atoms with Crippen LogP contribution < -0.4 is 10.2 Å². The Morgan fingerprint density at radius 3 is 2.33 bits per heavy atom. The molecule has 0 spiro atoms. The van der Waals surface area contributed by atoms with E-state index >= 15 is 0 Å². The van der Waals surface area contributed by atoms with E-state index in [1.807, 2.05) is 24.3 Å². The minimum atomic E-state index is -3.66. The van der Waals surface area contributed by atoms with Crippen molar-refractivity contribution in [2.75, 3.05) is 13.7 Å². The highest BCUT2D eigenvalue weighted by Crippen LogP contribution is 2.32. The largest absolute Gasteiger partial charge is 0.497 e. The molecule has 2 N–H and O–H groups in total. The van der Waals surface area contributed by atoms with Crippen molar-refractivity contribution in [3.63, 3.8) is 0 Å². The number of fused-ring (bicyclic) bond motifs is 1. The molecule has 7 nitrogen and oxygen atoms in total. The average Bonchev–Trinajstić information content (AvgIpc) is 3.22. The molecule has 156 valence electrons. The zero-order valence-electron chi connectivity index (χ0n) is 16.2. The van der Waals surface area contributed by atoms with Gasteiger partial charge in [-0.1, -0.05) is 24.3 Å². The van der Waals surface area contributed by atoms with Crippen LogP contribution in [0, 0.1) is 0 Å². The lowest BCUT2D eigenvalue weighted by Crippen LogP contribution is -2.35. The smallest absolute Gasteiger partial charge is 0.284 e. The standard InChI is InChI=1S/C21H20N2O5S2/c1-28-17-6-2-14(3-7-17)15-4-8-18(9-5-15)30(26,27)23-11-10-16-12-19(21(24)22-25)29-20(16)13-23/h2-9,12,25H,10-11,13H2,1H3,(H,22,24). The van der Waals surface area contributed by atoms with E-state index in [4.69, 9.17) is 9.94 Å². The number of benzene rings is 2. The number of carbonyl (C=O) groups is 1. The van der Waals surface area contributed by atoms with Crippen molar-refractivity contribution in [3.8, 4) is 16.9 Å². The van der Waals surface area contributed by atoms with Crippen LogP contribution in [0.15, 0.2) is 59.5 Å². The molecule has 0 atom stereocenters. The molecular weight excluding hydrogens is 424 g/mol. The van der Waals surface area contributed by atoms with Crippen LogP contribution >= 0.6 is 11.3 Å². The number of nitrogens with one attached hydrogen (secondary N) is 1. The summed E-state index contributed by atoms with van der Waals surface area (Å²) >= 11 is 1.20. The van der Waals surface area contributed by atoms with Crippen molar-refractivity contribution >= 4 is 27.3 Å². The number of thiophene rings is 1. The Bertz CT molecular complexity index is 1170. The molecule has 1 amide bonds. The number of hydrogen-bond donors (Lipinski definition) is 2. The van der Waals surface area contributed by atoms with Crippen LogP contribution in [0.1, 0.15) is 20.1 Å². The lowest BCUT2D eigenvalue weighted by Gasteiger charge is -2.26. The van der Waals surface area contributed by atoms with E-state index < -0.39 is 15.9 Å². The van der Waals surface area contributed by atoms with Gasteiger partial charge in [0.05, 0.1) is 16.9 Å². The molecule has 2 heterocycles. The van der Waals surface area contributed by atoms with E-state index in [2.05, 4.69) is 0 Å². The zero-order chi connectivity index (χ0) is 21.3. The van der Waals surface area contributed by atoms with Crippen LogP contribution in [0.3, 0.4) is 0 Å². The second-order valence-corrected chi connectivity index (χ2v) is 9.92. The number of amides is 1. The fourth-order valence-corrected chi connectivity index (χ4v) is 6.03. The van der Waals surface area contributed by atoms with E-state index in [9.17, 15) is 13.2 Å². The van der Waals surface area contributed by atoms with Crippen LogP contribution in [0.4, 0.5) is 0 Å². The summed E-state index contributed by atoms with van der Waals surface area (Å²) in [5, 5.41) is 8.80. The summed E-state index contributed by atoms with van der Waals surface area (Å²) in [6, 6.07) is 16.1. The molecule has 0 saturated heterocycles. The van der Waals surface area contributed by atoms with E-state index in [-0.39, 0.29) is 11.4 Å². The van der Waals surface area contributed by atoms with Gasteiger partial charge in [0.25, 0.3) is 5.91 Å². The fraction of sp³-hybridized carbons (Fsp3) is 0.190. The van der Waals surface area contributed by atoms with Gasteiger partial charge in [-0.2, -0.15) is 4.31 Å². The highest BCUT2D eigenvalue weighted by Gasteiger charge is 2.30. The molecule has 0 aliphatic carbocycles. The Balaban J connectivity index is 1.55. The summed E-state index contributed by atoms with van der Waals surface area (Å²) in [5.74, 6) is 0.175. The first-order valence-corrected chi connectivity index (χ1v) is 11.5. The number of ether oxygens (including phenoxy) is 1. The van der Waals surface area contributed by atoms with Gasteiger partial charge in [0.1, 0.15) is 5.75 Å². The van der Waals surface area contributed by atoms with Crippen molar-refractivity contribution in [2.45, 2.75) is 17.9 Å². The number of rotatable bonds is 5. The molecule has 1 aromatic heterocycles. The van der Waals surface area contributed by atoms with E-state index in [0.29, 0.717) is 17.8 Å². The molecule has 0 bridgehead atoms. The minimum Gasteiger partial charge on any atom is -0.497 e. The molecule has 2 aromatic carbocycles. The fourth-order valence-electron chi connectivity index (χ4n) is 3.42. The van der Waals surface area contributed by atoms with Crippen molar-refractivity contribution in [1.29, 1.82) is 0 Å². The monoisotopic (exact) mass is 444 g/mol. The molecule has 9 heteroatoms. The SMILES string of the molecule is COc1ccc(-c2ccc(S(=O)(=O)N3CCc4cc(C(=O)NO)sc4C3)cc2)cc1. The molecule has 0 radical (unpaired) electrons. The highest BCUT2D eigenvalue weighted by atomic mass is 32.2. The van der Waals surface area contributed by atoms with Gasteiger partial charge < -0.3 is 4.74 Å². The van der Waals surface area contributed by atoms with Crippen molar-refractivity contribution in [2.24, 2.45) is 0 Å². The molecule has 0 saturated carbocycles. The predicted octanol–water partition coefficient (Wildman–Crippen LogP) is 3.29. The predicted molar refractivity (Wildman–Crippen MR) is 113 cm³/mol. The van der Waals surface area contributed by atoms with Crippen LogP contribution in [-0.4, -0.2) is 37.5 Å². The Morgan fingerprint density at radius 2 is 1.73 bits per heavy atom. The first kappa shape index (κ1) is 20.5. The van der Waals surface area contributed by atoms with Crippen LogP contribution in [0.2, 0.25) is 0 Å². The third-order valence-electron chi connectivity index (χ3n) is 5.09. The summed E-state index contributed by atoms with van der Waals surface area (Å²) in [6.07, 6.45) is 0.522. The third-order valence-corrected chi connectivity index (χ3v) is 8.11. The number of hydrogen-bond acceptors (Lipinski definition) is 6. The Kier molecular flexibility index (Phi) is 5.61. The maximum atomic E-state index is 13.1. The molecule has 0 unspecified atom stereocenters. The summed E-state index contributed by atoms with van der Waals surface area (Å²) in [7, 11) is -2.05. The van der Waals surface area contributed by atoms with Gasteiger partial charge in [0.2, 0.25) is 10.0 Å². The lowest BCUT2D eigenvalue weighted by molar-refractivity contribution is 0.0711. The van der Waals surface area contributed by atoms with Gasteiger partial charge in [-0.15, -0.1) is 11.3 Å². The van der Waals surface area contributed by atoms with Crippen molar-refractivity contribution in [1.82, 2.24) is 9.79 Å². The topological polar surface area (TPSA) is 95.9 Å². The zero-order valence-corrected chi connectivity index (χ0v) is 17.8. The van der Waals surface area contributed by atoms with Gasteiger partial charge in [-0.25, -0.2) is 13.9 Å². The molecule has 3 aromatic rings. The average molecular weight is 445 g/mol. The van der Waals surface area contributed by atoms with E-state index in [1.165, 1.54) is 15.6 Å². The Hall–Kier alpha value is -2.72. The number of methoxy groups -OCH3 is 1. The molecule has 1 aliphatic rings. The maximum Gasteiger partial charge on any atom is 0.284 e. The van der Waals surface area contributed by atoms with Crippen LogP contribution in [0.5, 0.6) is 5.75 Å². The third kappa shape index (κ3) is 3.84. The van der Waals surface area contributed by atoms with Crippen molar-refractivity contribution in [3.05, 3.63) is 69.9 Å². The Morgan fingerprint density at radius 1 is 1.10 bits per heavy atom. The number of sulfonamides is 1. The molecular formula is C21H20N2O5S2. The first-order chi connectivity index (χ1) is 14.4. The second kappa shape index (κ2) is 8.19. The quantitative estimate of drug-likeness (QED) is 0.465. The van der Waals surface area contributed by atoms with Gasteiger partial charge in [0.15, 0.2) is 0 Å². The number of carbonyl (C=O) groups excluding carboxylic acids is 1. The first-order valence-electron chi connectivity index (χ1n) is 9.23. The number of hydroxylamine groups is 1. The highest BCUT2D eigenvalue weighted by molar-refractivity contribution is 7.89. The number of nitrogens with zero attached hydrogens (tertiary/aromatic N) is 1. The lowest BCUT2D eigenvalue weighted by atomic mass is 10.1. The summed E-state index contributed by atoms with van der Waals surface area (Å²) in [4.78, 5) is 13.0. The maximum absolute atomic E-state index is 13.1. The van der Waals surface area contributed by atoms with Crippen LogP contribution in [-0.2, 0) is 23.0 Å². The van der Waals surface area contributed by atoms with Gasteiger partial charge in [0, 0.05) is 18.0 Å². The normalized spacial score (nSPS) is 14.2. The summed E-state index contributed by atoms with van der Waals surface area (Å²) < 4.78 is 32.8. The van der Waals surface area contributed by atoms with E-state index in [0.717, 1.165) is 27.3 Å². The second-order valence-electron chi connectivity index (χ2n) is 6.84. The summed E-state index contributed by atoms with van der Waals surface area (Å²) in [6.45, 7) is 0.549. The molecule has 30 heavy (non-hydrogen) atoms.